The highest BCUT2D eigenvalue weighted by molar-refractivity contribution is 7.80. The van der Waals surface area contributed by atoms with Crippen molar-refractivity contribution in [3.05, 3.63) is 23.4 Å². The van der Waals surface area contributed by atoms with Crippen LogP contribution in [-0.4, -0.2) is 23.1 Å². The minimum atomic E-state index is -4.49. The maximum Gasteiger partial charge on any atom is 0.433 e. The first kappa shape index (κ1) is 16.7. The van der Waals surface area contributed by atoms with Crippen molar-refractivity contribution < 1.29 is 13.2 Å². The lowest BCUT2D eigenvalue weighted by molar-refractivity contribution is -0.141. The Balaban J connectivity index is 3.35. The average Bonchev–Trinajstić information content (AvgIpc) is 2.38. The number of hydrogen-bond acceptors (Lipinski definition) is 3. The Bertz CT molecular complexity index is 484. The van der Waals surface area contributed by atoms with Crippen LogP contribution in [-0.2, 0) is 6.18 Å². The van der Waals surface area contributed by atoms with E-state index in [4.69, 9.17) is 18.0 Å². The third-order valence-electron chi connectivity index (χ3n) is 3.26. The van der Waals surface area contributed by atoms with Gasteiger partial charge in [0.05, 0.1) is 5.56 Å². The maximum absolute atomic E-state index is 12.8. The van der Waals surface area contributed by atoms with Gasteiger partial charge < -0.3 is 10.6 Å². The highest BCUT2D eigenvalue weighted by atomic mass is 32.1. The van der Waals surface area contributed by atoms with Gasteiger partial charge in [-0.25, -0.2) is 4.98 Å². The van der Waals surface area contributed by atoms with Crippen LogP contribution in [0, 0.1) is 0 Å². The molecule has 0 radical (unpaired) electrons. The molecule has 7 heteroatoms. The lowest BCUT2D eigenvalue weighted by Crippen LogP contribution is -2.33. The van der Waals surface area contributed by atoms with Crippen molar-refractivity contribution in [2.45, 2.75) is 38.9 Å². The summed E-state index contributed by atoms with van der Waals surface area (Å²) in [7, 11) is 1.71. The van der Waals surface area contributed by atoms with E-state index in [-0.39, 0.29) is 16.8 Å². The van der Waals surface area contributed by atoms with E-state index in [0.29, 0.717) is 5.56 Å². The number of thiocarbonyl (C=S) groups is 1. The van der Waals surface area contributed by atoms with Crippen molar-refractivity contribution in [2.24, 2.45) is 5.73 Å². The summed E-state index contributed by atoms with van der Waals surface area (Å²) in [4.78, 5) is 5.47. The van der Waals surface area contributed by atoms with Gasteiger partial charge in [0.2, 0.25) is 0 Å². The van der Waals surface area contributed by atoms with Crippen LogP contribution in [0.4, 0.5) is 19.0 Å². The van der Waals surface area contributed by atoms with Gasteiger partial charge in [-0.15, -0.1) is 0 Å². The zero-order valence-corrected chi connectivity index (χ0v) is 12.5. The molecule has 0 aliphatic carbocycles. The summed E-state index contributed by atoms with van der Waals surface area (Å²) in [5.74, 6) is 0.182. The van der Waals surface area contributed by atoms with Crippen LogP contribution in [0.3, 0.4) is 0 Å². The quantitative estimate of drug-likeness (QED) is 0.847. The summed E-state index contributed by atoms with van der Waals surface area (Å²) in [6, 6.07) is 2.27. The van der Waals surface area contributed by atoms with Crippen molar-refractivity contribution in [1.29, 1.82) is 0 Å². The summed E-state index contributed by atoms with van der Waals surface area (Å²) < 4.78 is 38.4. The normalized spacial score (nSPS) is 11.8. The van der Waals surface area contributed by atoms with Crippen molar-refractivity contribution >= 4 is 23.0 Å². The molecule has 2 N–H and O–H groups in total. The highest BCUT2D eigenvalue weighted by Crippen LogP contribution is 2.31. The minimum absolute atomic E-state index is 0.0408. The zero-order chi connectivity index (χ0) is 15.5. The highest BCUT2D eigenvalue weighted by Gasteiger charge is 2.34. The van der Waals surface area contributed by atoms with E-state index in [1.807, 2.05) is 13.8 Å². The van der Waals surface area contributed by atoms with Gasteiger partial charge in [-0.2, -0.15) is 13.2 Å². The number of anilines is 1. The lowest BCUT2D eigenvalue weighted by Gasteiger charge is -2.29. The summed E-state index contributed by atoms with van der Waals surface area (Å²) in [5, 5.41) is 0. The van der Waals surface area contributed by atoms with Gasteiger partial charge >= 0.3 is 6.18 Å². The minimum Gasteiger partial charge on any atom is -0.389 e. The summed E-state index contributed by atoms with van der Waals surface area (Å²) in [6.45, 7) is 3.94. The van der Waals surface area contributed by atoms with E-state index in [2.05, 4.69) is 4.98 Å². The summed E-state index contributed by atoms with van der Waals surface area (Å²) in [5.41, 5.74) is 5.00. The fourth-order valence-corrected chi connectivity index (χ4v) is 2.24. The molecule has 0 spiro atoms. The van der Waals surface area contributed by atoms with Crippen LogP contribution in [0.2, 0.25) is 0 Å². The van der Waals surface area contributed by atoms with E-state index in [0.717, 1.165) is 18.9 Å². The predicted molar refractivity (Wildman–Crippen MR) is 77.9 cm³/mol. The summed E-state index contributed by atoms with van der Waals surface area (Å²) >= 11 is 4.89. The average molecular weight is 305 g/mol. The first-order valence-electron chi connectivity index (χ1n) is 6.33. The van der Waals surface area contributed by atoms with Crippen LogP contribution in [0.15, 0.2) is 12.1 Å². The molecule has 0 atom stereocenters. The van der Waals surface area contributed by atoms with Crippen molar-refractivity contribution in [3.63, 3.8) is 0 Å². The number of halogens is 3. The van der Waals surface area contributed by atoms with E-state index < -0.39 is 11.9 Å². The van der Waals surface area contributed by atoms with Crippen LogP contribution >= 0.6 is 12.2 Å². The number of nitrogens with two attached hydrogens (primary N) is 1. The molecule has 0 aliphatic rings. The van der Waals surface area contributed by atoms with Crippen LogP contribution in [0.5, 0.6) is 0 Å². The first-order chi connectivity index (χ1) is 9.22. The number of pyridine rings is 1. The van der Waals surface area contributed by atoms with Gasteiger partial charge in [0.1, 0.15) is 16.5 Å². The van der Waals surface area contributed by atoms with Gasteiger partial charge in [-0.3, -0.25) is 0 Å². The Morgan fingerprint density at radius 1 is 1.35 bits per heavy atom. The van der Waals surface area contributed by atoms with Crippen LogP contribution in [0.1, 0.15) is 37.9 Å². The van der Waals surface area contributed by atoms with E-state index in [9.17, 15) is 13.2 Å². The molecule has 0 aromatic carbocycles. The fourth-order valence-electron chi connectivity index (χ4n) is 2.08. The monoisotopic (exact) mass is 305 g/mol. The number of aromatic nitrogens is 1. The fraction of sp³-hybridized carbons (Fsp3) is 0.538. The van der Waals surface area contributed by atoms with Crippen molar-refractivity contribution in [1.82, 2.24) is 4.98 Å². The smallest absolute Gasteiger partial charge is 0.389 e. The number of rotatable bonds is 5. The molecular formula is C13H18F3N3S. The third kappa shape index (κ3) is 3.59. The van der Waals surface area contributed by atoms with Gasteiger partial charge in [-0.1, -0.05) is 26.1 Å². The molecule has 1 aromatic heterocycles. The topological polar surface area (TPSA) is 42.2 Å². The molecule has 3 nitrogen and oxygen atoms in total. The van der Waals surface area contributed by atoms with E-state index in [1.54, 1.807) is 11.9 Å². The Labute approximate surface area is 122 Å². The van der Waals surface area contributed by atoms with Crippen LogP contribution in [0.25, 0.3) is 0 Å². The first-order valence-corrected chi connectivity index (χ1v) is 6.74. The molecule has 112 valence electrons. The molecule has 1 aromatic rings. The zero-order valence-electron chi connectivity index (χ0n) is 11.7. The molecule has 1 rings (SSSR count). The van der Waals surface area contributed by atoms with E-state index >= 15 is 0 Å². The third-order valence-corrected chi connectivity index (χ3v) is 3.48. The SMILES string of the molecule is CCC(CC)N(C)c1nc(C(F)(F)F)ccc1C(N)=S. The molecule has 0 saturated carbocycles. The van der Waals surface area contributed by atoms with Crippen molar-refractivity contribution in [3.8, 4) is 0 Å². The molecule has 1 heterocycles. The second-order valence-electron chi connectivity index (χ2n) is 4.51. The van der Waals surface area contributed by atoms with Crippen LogP contribution < -0.4 is 10.6 Å². The van der Waals surface area contributed by atoms with Gasteiger partial charge in [0, 0.05) is 13.1 Å². The standard InChI is InChI=1S/C13H18F3N3S/c1-4-8(5-2)19(3)12-9(11(17)20)6-7-10(18-12)13(14,15)16/h6-8H,4-5H2,1-3H3,(H2,17,20). The van der Waals surface area contributed by atoms with Gasteiger partial charge in [-0.05, 0) is 25.0 Å². The molecule has 0 aliphatic heterocycles. The Hall–Kier alpha value is -1.37. The number of hydrogen-bond donors (Lipinski definition) is 1. The number of nitrogens with zero attached hydrogens (tertiary/aromatic N) is 2. The second-order valence-corrected chi connectivity index (χ2v) is 4.95. The second kappa shape index (κ2) is 6.39. The molecule has 0 bridgehead atoms. The molecule has 0 amide bonds. The predicted octanol–water partition coefficient (Wildman–Crippen LogP) is 3.36. The van der Waals surface area contributed by atoms with Gasteiger partial charge in [0.25, 0.3) is 0 Å². The molecule has 0 saturated heterocycles. The Morgan fingerprint density at radius 3 is 2.30 bits per heavy atom. The maximum atomic E-state index is 12.8. The largest absolute Gasteiger partial charge is 0.433 e. The Kier molecular flexibility index (Phi) is 5.33. The number of alkyl halides is 3. The van der Waals surface area contributed by atoms with Gasteiger partial charge in [0.15, 0.2) is 0 Å². The van der Waals surface area contributed by atoms with E-state index in [1.165, 1.54) is 6.07 Å². The molecule has 0 fully saturated rings. The summed E-state index contributed by atoms with van der Waals surface area (Å²) in [6.07, 6.45) is -2.90. The molecule has 0 unspecified atom stereocenters. The lowest BCUT2D eigenvalue weighted by atomic mass is 10.1. The molecule has 20 heavy (non-hydrogen) atoms. The van der Waals surface area contributed by atoms with Crippen molar-refractivity contribution in [2.75, 3.05) is 11.9 Å². The molecular weight excluding hydrogens is 287 g/mol. The Morgan fingerprint density at radius 2 is 1.90 bits per heavy atom.